The number of halogens is 1. The molecule has 3 rings (SSSR count). The van der Waals surface area contributed by atoms with E-state index in [2.05, 4.69) is 87.7 Å². The van der Waals surface area contributed by atoms with Crippen LogP contribution >= 0.6 is 15.9 Å². The van der Waals surface area contributed by atoms with Crippen LogP contribution in [0.3, 0.4) is 0 Å². The topological polar surface area (TPSA) is 36.3 Å². The molecule has 27 heavy (non-hydrogen) atoms. The van der Waals surface area contributed by atoms with E-state index in [1.54, 1.807) is 0 Å². The van der Waals surface area contributed by atoms with E-state index >= 15 is 0 Å². The van der Waals surface area contributed by atoms with Crippen molar-refractivity contribution in [1.82, 2.24) is 24.7 Å². The van der Waals surface area contributed by atoms with Crippen molar-refractivity contribution in [2.24, 2.45) is 7.05 Å². The zero-order chi connectivity index (χ0) is 19.6. The summed E-state index contributed by atoms with van der Waals surface area (Å²) < 4.78 is 3.19. The number of hydrogen-bond donors (Lipinski definition) is 1. The molecule has 1 fully saturated rings. The summed E-state index contributed by atoms with van der Waals surface area (Å²) in [5.74, 6) is 1.01. The molecule has 1 aliphatic heterocycles. The second kappa shape index (κ2) is 8.43. The lowest BCUT2D eigenvalue weighted by atomic mass is 10.0. The average molecular weight is 434 g/mol. The number of aromatic nitrogens is 2. The number of nitrogens with one attached hydrogen (secondary N) is 1. The van der Waals surface area contributed by atoms with Crippen LogP contribution in [0.4, 0.5) is 0 Å². The van der Waals surface area contributed by atoms with E-state index in [0.717, 1.165) is 48.7 Å². The Morgan fingerprint density at radius 2 is 1.74 bits per heavy atom. The summed E-state index contributed by atoms with van der Waals surface area (Å²) >= 11 is 3.75. The van der Waals surface area contributed by atoms with Gasteiger partial charge in [0.05, 0.1) is 11.7 Å². The summed E-state index contributed by atoms with van der Waals surface area (Å²) in [7, 11) is 4.16. The van der Waals surface area contributed by atoms with Gasteiger partial charge < -0.3 is 9.88 Å². The second-order valence-electron chi connectivity index (χ2n) is 8.30. The van der Waals surface area contributed by atoms with Crippen molar-refractivity contribution < 1.29 is 0 Å². The van der Waals surface area contributed by atoms with E-state index in [-0.39, 0.29) is 5.54 Å². The number of piperazine rings is 1. The number of likely N-dealkylation sites (N-methyl/N-ethyl adjacent to an activating group) is 1. The molecule has 148 valence electrons. The first-order valence-corrected chi connectivity index (χ1v) is 10.5. The molecule has 2 aromatic rings. The van der Waals surface area contributed by atoms with Crippen LogP contribution in [-0.2, 0) is 7.05 Å². The third-order valence-corrected chi connectivity index (χ3v) is 6.13. The van der Waals surface area contributed by atoms with Gasteiger partial charge in [-0.3, -0.25) is 9.80 Å². The predicted molar refractivity (Wildman–Crippen MR) is 116 cm³/mol. The first-order valence-electron chi connectivity index (χ1n) is 9.74. The van der Waals surface area contributed by atoms with Crippen molar-refractivity contribution in [1.29, 1.82) is 0 Å². The van der Waals surface area contributed by atoms with Gasteiger partial charge in [0, 0.05) is 50.9 Å². The number of nitrogens with zero attached hydrogens (tertiary/aromatic N) is 4. The van der Waals surface area contributed by atoms with Crippen LogP contribution in [0.2, 0.25) is 0 Å². The van der Waals surface area contributed by atoms with E-state index in [4.69, 9.17) is 4.98 Å². The summed E-state index contributed by atoms with van der Waals surface area (Å²) in [6, 6.07) is 10.7. The number of rotatable bonds is 5. The van der Waals surface area contributed by atoms with Gasteiger partial charge in [-0.25, -0.2) is 4.98 Å². The zero-order valence-corrected chi connectivity index (χ0v) is 18.8. The van der Waals surface area contributed by atoms with Crippen molar-refractivity contribution >= 4 is 15.9 Å². The molecule has 0 aliphatic carbocycles. The summed E-state index contributed by atoms with van der Waals surface area (Å²) in [5, 5.41) is 3.39. The van der Waals surface area contributed by atoms with Crippen LogP contribution < -0.4 is 5.32 Å². The minimum Gasteiger partial charge on any atom is -0.329 e. The van der Waals surface area contributed by atoms with Crippen LogP contribution in [0.5, 0.6) is 0 Å². The molecule has 1 aromatic heterocycles. The molecule has 1 aromatic carbocycles. The van der Waals surface area contributed by atoms with Gasteiger partial charge >= 0.3 is 0 Å². The maximum atomic E-state index is 4.85. The van der Waals surface area contributed by atoms with Crippen molar-refractivity contribution in [2.45, 2.75) is 32.4 Å². The maximum Gasteiger partial charge on any atom is 0.141 e. The predicted octanol–water partition coefficient (Wildman–Crippen LogP) is 3.53. The summed E-state index contributed by atoms with van der Waals surface area (Å²) in [6.45, 7) is 12.2. The molecule has 1 aliphatic rings. The lowest BCUT2D eigenvalue weighted by molar-refractivity contribution is 0.0403. The Hall–Kier alpha value is -1.21. The fraction of sp³-hybridized carbons (Fsp3) is 0.571. The maximum absolute atomic E-state index is 4.85. The van der Waals surface area contributed by atoms with Gasteiger partial charge in [0.2, 0.25) is 0 Å². The number of hydrogen-bond acceptors (Lipinski definition) is 4. The molecule has 0 bridgehead atoms. The van der Waals surface area contributed by atoms with E-state index in [9.17, 15) is 0 Å². The normalized spacial score (nSPS) is 18.0. The van der Waals surface area contributed by atoms with Crippen LogP contribution in [0, 0.1) is 0 Å². The molecular weight excluding hydrogens is 402 g/mol. The quantitative estimate of drug-likeness (QED) is 0.782. The molecule has 2 heterocycles. The van der Waals surface area contributed by atoms with Crippen molar-refractivity contribution in [3.8, 4) is 11.4 Å². The third kappa shape index (κ3) is 4.45. The number of benzene rings is 1. The van der Waals surface area contributed by atoms with Crippen LogP contribution in [0.1, 0.15) is 32.5 Å². The lowest BCUT2D eigenvalue weighted by Gasteiger charge is -2.44. The van der Waals surface area contributed by atoms with Gasteiger partial charge in [0.25, 0.3) is 0 Å². The highest BCUT2D eigenvalue weighted by atomic mass is 79.9. The Balaban J connectivity index is 1.87. The SMILES string of the molecule is CNCC(c1c(Br)nc(-c2ccccc2)n1C)N1CCN(C(C)(C)C)CC1. The molecule has 0 spiro atoms. The molecular formula is C21H32BrN5. The average Bonchev–Trinajstić information content (AvgIpc) is 2.94. The molecule has 1 N–H and O–H groups in total. The van der Waals surface area contributed by atoms with Crippen molar-refractivity contribution in [3.05, 3.63) is 40.6 Å². The summed E-state index contributed by atoms with van der Waals surface area (Å²) in [6.07, 6.45) is 0. The van der Waals surface area contributed by atoms with E-state index in [1.165, 1.54) is 5.69 Å². The highest BCUT2D eigenvalue weighted by molar-refractivity contribution is 9.10. The Labute approximate surface area is 171 Å². The molecule has 1 unspecified atom stereocenters. The van der Waals surface area contributed by atoms with Crippen molar-refractivity contribution in [2.75, 3.05) is 39.8 Å². The lowest BCUT2D eigenvalue weighted by Crippen LogP contribution is -2.55. The standard InChI is InChI=1S/C21H32BrN5/c1-21(2,3)27-13-11-26(12-14-27)17(15-23-4)18-19(22)24-20(25(18)5)16-9-7-6-8-10-16/h6-10,17,23H,11-15H2,1-5H3. The first kappa shape index (κ1) is 20.5. The molecule has 0 saturated carbocycles. The van der Waals surface area contributed by atoms with E-state index in [0.29, 0.717) is 6.04 Å². The largest absolute Gasteiger partial charge is 0.329 e. The minimum absolute atomic E-state index is 0.234. The van der Waals surface area contributed by atoms with Crippen LogP contribution in [0.15, 0.2) is 34.9 Å². The second-order valence-corrected chi connectivity index (χ2v) is 9.05. The Morgan fingerprint density at radius 1 is 1.11 bits per heavy atom. The smallest absolute Gasteiger partial charge is 0.141 e. The van der Waals surface area contributed by atoms with Crippen LogP contribution in [0.25, 0.3) is 11.4 Å². The highest BCUT2D eigenvalue weighted by Crippen LogP contribution is 2.32. The molecule has 5 nitrogen and oxygen atoms in total. The van der Waals surface area contributed by atoms with Crippen LogP contribution in [-0.4, -0.2) is 64.7 Å². The van der Waals surface area contributed by atoms with E-state index < -0.39 is 0 Å². The van der Waals surface area contributed by atoms with Gasteiger partial charge in [0.15, 0.2) is 0 Å². The molecule has 0 amide bonds. The van der Waals surface area contributed by atoms with Gasteiger partial charge in [0.1, 0.15) is 10.4 Å². The fourth-order valence-electron chi connectivity index (χ4n) is 3.98. The van der Waals surface area contributed by atoms with Gasteiger partial charge in [-0.1, -0.05) is 30.3 Å². The first-order chi connectivity index (χ1) is 12.8. The third-order valence-electron chi connectivity index (χ3n) is 5.54. The molecule has 1 atom stereocenters. The molecule has 0 radical (unpaired) electrons. The Morgan fingerprint density at radius 3 is 2.30 bits per heavy atom. The monoisotopic (exact) mass is 433 g/mol. The van der Waals surface area contributed by atoms with Gasteiger partial charge in [-0.05, 0) is 43.7 Å². The van der Waals surface area contributed by atoms with Crippen molar-refractivity contribution in [3.63, 3.8) is 0 Å². The number of imidazole rings is 1. The summed E-state index contributed by atoms with van der Waals surface area (Å²) in [5.41, 5.74) is 2.62. The Kier molecular flexibility index (Phi) is 6.41. The Bertz CT molecular complexity index is 742. The molecule has 6 heteroatoms. The van der Waals surface area contributed by atoms with Gasteiger partial charge in [-0.2, -0.15) is 0 Å². The minimum atomic E-state index is 0.234. The fourth-order valence-corrected chi connectivity index (χ4v) is 4.68. The summed E-state index contributed by atoms with van der Waals surface area (Å²) in [4.78, 5) is 10.0. The highest BCUT2D eigenvalue weighted by Gasteiger charge is 2.32. The van der Waals surface area contributed by atoms with E-state index in [1.807, 2.05) is 13.1 Å². The molecule has 1 saturated heterocycles. The zero-order valence-electron chi connectivity index (χ0n) is 17.2. The van der Waals surface area contributed by atoms with Gasteiger partial charge in [-0.15, -0.1) is 0 Å².